The molecule has 0 N–H and O–H groups in total. The van der Waals surface area contributed by atoms with Crippen molar-refractivity contribution in [3.8, 4) is 0 Å². The summed E-state index contributed by atoms with van der Waals surface area (Å²) in [6.45, 7) is 8.95. The van der Waals surface area contributed by atoms with Crippen LogP contribution < -0.4 is 4.90 Å². The maximum absolute atomic E-state index is 13.2. The SMILES string of the molecule is CCC(C)N1Cc2c(N3CCN(C)CC3)nc3ccccc3c2C1=O. The number of amides is 1. The Morgan fingerprint density at radius 2 is 1.88 bits per heavy atom. The minimum absolute atomic E-state index is 0.165. The van der Waals surface area contributed by atoms with Crippen molar-refractivity contribution in [2.24, 2.45) is 0 Å². The average molecular weight is 338 g/mol. The highest BCUT2D eigenvalue weighted by atomic mass is 16.2. The second-order valence-electron chi connectivity index (χ2n) is 7.29. The molecule has 0 saturated carbocycles. The van der Waals surface area contributed by atoms with Crippen LogP contribution in [-0.4, -0.2) is 60.0 Å². The predicted octanol–water partition coefficient (Wildman–Crippen LogP) is 2.74. The number of carbonyl (C=O) groups excluding carboxylic acids is 1. The summed E-state index contributed by atoms with van der Waals surface area (Å²) in [5.74, 6) is 1.18. The molecule has 1 aromatic heterocycles. The highest BCUT2D eigenvalue weighted by molar-refractivity contribution is 6.10. The minimum atomic E-state index is 0.165. The van der Waals surface area contributed by atoms with Crippen molar-refractivity contribution >= 4 is 22.6 Å². The number of para-hydroxylation sites is 1. The maximum atomic E-state index is 13.2. The van der Waals surface area contributed by atoms with Crippen molar-refractivity contribution < 1.29 is 4.79 Å². The molecule has 1 unspecified atom stereocenters. The lowest BCUT2D eigenvalue weighted by molar-refractivity contribution is 0.0715. The van der Waals surface area contributed by atoms with Crippen LogP contribution in [0.25, 0.3) is 10.9 Å². The number of piperazine rings is 1. The number of hydrogen-bond acceptors (Lipinski definition) is 4. The van der Waals surface area contributed by atoms with E-state index in [1.807, 2.05) is 29.2 Å². The molecule has 5 heteroatoms. The number of hydrogen-bond donors (Lipinski definition) is 0. The number of nitrogens with zero attached hydrogens (tertiary/aromatic N) is 4. The third kappa shape index (κ3) is 2.67. The molecule has 1 saturated heterocycles. The largest absolute Gasteiger partial charge is 0.354 e. The molecule has 2 aromatic rings. The average Bonchev–Trinajstić information content (AvgIpc) is 2.99. The molecule has 5 nitrogen and oxygen atoms in total. The van der Waals surface area contributed by atoms with Crippen molar-refractivity contribution in [3.05, 3.63) is 35.4 Å². The lowest BCUT2D eigenvalue weighted by Crippen LogP contribution is -2.45. The molecule has 0 bridgehead atoms. The predicted molar refractivity (Wildman–Crippen MR) is 101 cm³/mol. The van der Waals surface area contributed by atoms with Crippen molar-refractivity contribution in [1.29, 1.82) is 0 Å². The van der Waals surface area contributed by atoms with Crippen molar-refractivity contribution in [2.45, 2.75) is 32.9 Å². The first-order valence-electron chi connectivity index (χ1n) is 9.26. The summed E-state index contributed by atoms with van der Waals surface area (Å²) >= 11 is 0. The third-order valence-electron chi connectivity index (χ3n) is 5.70. The fourth-order valence-corrected chi connectivity index (χ4v) is 3.87. The molecule has 1 atom stereocenters. The van der Waals surface area contributed by atoms with Crippen LogP contribution in [-0.2, 0) is 6.54 Å². The smallest absolute Gasteiger partial charge is 0.255 e. The van der Waals surface area contributed by atoms with Gasteiger partial charge in [0.15, 0.2) is 0 Å². The second-order valence-corrected chi connectivity index (χ2v) is 7.29. The van der Waals surface area contributed by atoms with Crippen LogP contribution in [0.2, 0.25) is 0 Å². The van der Waals surface area contributed by atoms with Crippen LogP contribution in [0.1, 0.15) is 36.2 Å². The van der Waals surface area contributed by atoms with Gasteiger partial charge in [-0.05, 0) is 26.5 Å². The molecule has 2 aliphatic heterocycles. The van der Waals surface area contributed by atoms with Gasteiger partial charge in [0.2, 0.25) is 0 Å². The van der Waals surface area contributed by atoms with E-state index < -0.39 is 0 Å². The van der Waals surface area contributed by atoms with E-state index in [1.54, 1.807) is 0 Å². The molecule has 1 fully saturated rings. The second kappa shape index (κ2) is 6.30. The van der Waals surface area contributed by atoms with Gasteiger partial charge in [-0.3, -0.25) is 4.79 Å². The zero-order valence-electron chi connectivity index (χ0n) is 15.3. The summed E-state index contributed by atoms with van der Waals surface area (Å²) in [6.07, 6.45) is 0.967. The van der Waals surface area contributed by atoms with Crippen molar-refractivity contribution in [2.75, 3.05) is 38.1 Å². The summed E-state index contributed by atoms with van der Waals surface area (Å²) in [5, 5.41) is 0.992. The molecular weight excluding hydrogens is 312 g/mol. The number of rotatable bonds is 3. The maximum Gasteiger partial charge on any atom is 0.255 e. The number of pyridine rings is 1. The summed E-state index contributed by atoms with van der Waals surface area (Å²) < 4.78 is 0. The van der Waals surface area contributed by atoms with E-state index in [-0.39, 0.29) is 11.9 Å². The van der Waals surface area contributed by atoms with Crippen LogP contribution in [0.4, 0.5) is 5.82 Å². The van der Waals surface area contributed by atoms with Gasteiger partial charge in [0, 0.05) is 43.2 Å². The minimum Gasteiger partial charge on any atom is -0.354 e. The number of likely N-dealkylation sites (N-methyl/N-ethyl adjacent to an activating group) is 1. The lowest BCUT2D eigenvalue weighted by atomic mass is 10.0. The lowest BCUT2D eigenvalue weighted by Gasteiger charge is -2.34. The number of anilines is 1. The summed E-state index contributed by atoms with van der Waals surface area (Å²) in [7, 11) is 2.16. The van der Waals surface area contributed by atoms with Crippen molar-refractivity contribution in [1.82, 2.24) is 14.8 Å². The van der Waals surface area contributed by atoms with Crippen LogP contribution >= 0.6 is 0 Å². The summed E-state index contributed by atoms with van der Waals surface area (Å²) in [5.41, 5.74) is 2.92. The van der Waals surface area contributed by atoms with E-state index in [9.17, 15) is 4.79 Å². The molecule has 1 aromatic carbocycles. The standard InChI is InChI=1S/C20H26N4O/c1-4-14(2)24-13-16-18(20(24)25)15-7-5-6-8-17(15)21-19(16)23-11-9-22(3)10-12-23/h5-8,14H,4,9-13H2,1-3H3. The van der Waals surface area contributed by atoms with E-state index >= 15 is 0 Å². The Balaban J connectivity index is 1.85. The molecule has 1 amide bonds. The molecule has 3 heterocycles. The van der Waals surface area contributed by atoms with Crippen LogP contribution in [0, 0.1) is 0 Å². The normalized spacial score (nSPS) is 19.6. The van der Waals surface area contributed by atoms with Gasteiger partial charge in [-0.2, -0.15) is 0 Å². The van der Waals surface area contributed by atoms with Gasteiger partial charge < -0.3 is 14.7 Å². The van der Waals surface area contributed by atoms with Crippen molar-refractivity contribution in [3.63, 3.8) is 0 Å². The Bertz CT molecular complexity index is 811. The van der Waals surface area contributed by atoms with Gasteiger partial charge in [0.05, 0.1) is 17.6 Å². The highest BCUT2D eigenvalue weighted by Crippen LogP contribution is 2.37. The van der Waals surface area contributed by atoms with E-state index in [1.165, 1.54) is 0 Å². The first-order chi connectivity index (χ1) is 12.1. The number of benzene rings is 1. The topological polar surface area (TPSA) is 39.7 Å². The number of fused-ring (bicyclic) bond motifs is 3. The molecule has 25 heavy (non-hydrogen) atoms. The Labute approximate surface area is 149 Å². The van der Waals surface area contributed by atoms with Crippen LogP contribution in [0.3, 0.4) is 0 Å². The van der Waals surface area contributed by atoms with E-state index in [0.29, 0.717) is 6.54 Å². The molecule has 0 aliphatic carbocycles. The number of carbonyl (C=O) groups is 1. The number of aromatic nitrogens is 1. The Kier molecular flexibility index (Phi) is 4.12. The Morgan fingerprint density at radius 3 is 2.60 bits per heavy atom. The fourth-order valence-electron chi connectivity index (χ4n) is 3.87. The zero-order valence-corrected chi connectivity index (χ0v) is 15.3. The molecule has 2 aliphatic rings. The van der Waals surface area contributed by atoms with Crippen LogP contribution in [0.5, 0.6) is 0 Å². The molecule has 132 valence electrons. The van der Waals surface area contributed by atoms with Gasteiger partial charge >= 0.3 is 0 Å². The molecule has 0 spiro atoms. The van der Waals surface area contributed by atoms with E-state index in [2.05, 4.69) is 30.7 Å². The van der Waals surface area contributed by atoms with Gasteiger partial charge in [-0.25, -0.2) is 4.98 Å². The van der Waals surface area contributed by atoms with Gasteiger partial charge in [0.25, 0.3) is 5.91 Å². The quantitative estimate of drug-likeness (QED) is 0.863. The Hall–Kier alpha value is -2.14. The molecule has 4 rings (SSSR count). The third-order valence-corrected chi connectivity index (χ3v) is 5.70. The fraction of sp³-hybridized carbons (Fsp3) is 0.500. The monoisotopic (exact) mass is 338 g/mol. The van der Waals surface area contributed by atoms with Gasteiger partial charge in [-0.1, -0.05) is 25.1 Å². The first-order valence-corrected chi connectivity index (χ1v) is 9.26. The van der Waals surface area contributed by atoms with Gasteiger partial charge in [-0.15, -0.1) is 0 Å². The first kappa shape index (κ1) is 16.3. The molecular formula is C20H26N4O. The van der Waals surface area contributed by atoms with Crippen LogP contribution in [0.15, 0.2) is 24.3 Å². The zero-order chi connectivity index (χ0) is 17.6. The van der Waals surface area contributed by atoms with Gasteiger partial charge in [0.1, 0.15) is 5.82 Å². The van der Waals surface area contributed by atoms with E-state index in [0.717, 1.165) is 60.4 Å². The summed E-state index contributed by atoms with van der Waals surface area (Å²) in [4.78, 5) is 24.9. The Morgan fingerprint density at radius 1 is 1.16 bits per heavy atom. The van der Waals surface area contributed by atoms with E-state index in [4.69, 9.17) is 4.98 Å². The highest BCUT2D eigenvalue weighted by Gasteiger charge is 2.36. The summed E-state index contributed by atoms with van der Waals surface area (Å²) in [6, 6.07) is 8.31. The molecule has 0 radical (unpaired) electrons.